The number of rotatable bonds is 2. The number of aliphatic carboxylic acids is 1. The van der Waals surface area contributed by atoms with Gasteiger partial charge in [-0.2, -0.15) is 4.39 Å². The summed E-state index contributed by atoms with van der Waals surface area (Å²) in [6.45, 7) is 1.75. The molecule has 1 aromatic heterocycles. The molecule has 2 unspecified atom stereocenters. The Morgan fingerprint density at radius 2 is 2.33 bits per heavy atom. The number of carbonyl (C=O) groups is 2. The molecule has 18 heavy (non-hydrogen) atoms. The van der Waals surface area contributed by atoms with E-state index >= 15 is 0 Å². The second kappa shape index (κ2) is 4.93. The third-order valence-electron chi connectivity index (χ3n) is 2.72. The highest BCUT2D eigenvalue weighted by molar-refractivity contribution is 8.00. The van der Waals surface area contributed by atoms with Crippen molar-refractivity contribution < 1.29 is 19.1 Å². The molecule has 7 heteroatoms. The average molecular weight is 270 g/mol. The molecule has 5 nitrogen and oxygen atoms in total. The van der Waals surface area contributed by atoms with Crippen molar-refractivity contribution >= 4 is 23.6 Å². The Morgan fingerprint density at radius 1 is 1.61 bits per heavy atom. The molecule has 0 aliphatic carbocycles. The monoisotopic (exact) mass is 270 g/mol. The van der Waals surface area contributed by atoms with Gasteiger partial charge in [-0.3, -0.25) is 4.79 Å². The molecular formula is C11H11FN2O3S. The van der Waals surface area contributed by atoms with Crippen molar-refractivity contribution in [2.24, 2.45) is 0 Å². The SMILES string of the molecule is CC1SCC(C(=O)O)N1C(=O)c1ccnc(F)c1. The van der Waals surface area contributed by atoms with Gasteiger partial charge < -0.3 is 10.0 Å². The predicted octanol–water partition coefficient (Wildman–Crippen LogP) is 1.21. The zero-order valence-electron chi connectivity index (χ0n) is 9.54. The van der Waals surface area contributed by atoms with Crippen molar-refractivity contribution in [3.05, 3.63) is 29.8 Å². The molecular weight excluding hydrogens is 259 g/mol. The minimum Gasteiger partial charge on any atom is -0.480 e. The largest absolute Gasteiger partial charge is 0.480 e. The summed E-state index contributed by atoms with van der Waals surface area (Å²) in [5.74, 6) is -1.95. The van der Waals surface area contributed by atoms with Crippen molar-refractivity contribution in [3.8, 4) is 0 Å². The van der Waals surface area contributed by atoms with Crippen LogP contribution in [0.5, 0.6) is 0 Å². The van der Waals surface area contributed by atoms with Gasteiger partial charge in [0.25, 0.3) is 5.91 Å². The van der Waals surface area contributed by atoms with Crippen LogP contribution >= 0.6 is 11.8 Å². The first-order valence-corrected chi connectivity index (χ1v) is 6.34. The first-order chi connectivity index (χ1) is 8.50. The number of amides is 1. The van der Waals surface area contributed by atoms with Crippen molar-refractivity contribution in [1.29, 1.82) is 0 Å². The van der Waals surface area contributed by atoms with E-state index in [4.69, 9.17) is 5.11 Å². The lowest BCUT2D eigenvalue weighted by Crippen LogP contribution is -2.44. The number of aromatic nitrogens is 1. The third kappa shape index (κ3) is 2.31. The molecule has 0 aromatic carbocycles. The van der Waals surface area contributed by atoms with Crippen LogP contribution in [0.1, 0.15) is 17.3 Å². The van der Waals surface area contributed by atoms with Crippen molar-refractivity contribution in [2.45, 2.75) is 18.3 Å². The fourth-order valence-electron chi connectivity index (χ4n) is 1.83. The van der Waals surface area contributed by atoms with E-state index in [2.05, 4.69) is 4.98 Å². The quantitative estimate of drug-likeness (QED) is 0.818. The number of hydrogen-bond donors (Lipinski definition) is 1. The molecule has 2 rings (SSSR count). The predicted molar refractivity (Wildman–Crippen MR) is 63.7 cm³/mol. The number of nitrogens with zero attached hydrogens (tertiary/aromatic N) is 2. The lowest BCUT2D eigenvalue weighted by atomic mass is 10.2. The van der Waals surface area contributed by atoms with E-state index < -0.39 is 23.9 Å². The van der Waals surface area contributed by atoms with Gasteiger partial charge >= 0.3 is 5.97 Å². The molecule has 1 aliphatic heterocycles. The summed E-state index contributed by atoms with van der Waals surface area (Å²) >= 11 is 1.38. The highest BCUT2D eigenvalue weighted by Crippen LogP contribution is 2.30. The van der Waals surface area contributed by atoms with E-state index in [9.17, 15) is 14.0 Å². The summed E-state index contributed by atoms with van der Waals surface area (Å²) in [6, 6.07) is 1.52. The van der Waals surface area contributed by atoms with E-state index in [0.29, 0.717) is 5.75 Å². The maximum Gasteiger partial charge on any atom is 0.327 e. The van der Waals surface area contributed by atoms with Crippen LogP contribution in [0.15, 0.2) is 18.3 Å². The second-order valence-corrected chi connectivity index (χ2v) is 5.22. The van der Waals surface area contributed by atoms with Gasteiger partial charge in [-0.25, -0.2) is 9.78 Å². The number of carbonyl (C=O) groups excluding carboxylic acids is 1. The number of carboxylic acid groups (broad SMARTS) is 1. The van der Waals surface area contributed by atoms with E-state index in [1.54, 1.807) is 6.92 Å². The van der Waals surface area contributed by atoms with Gasteiger partial charge in [-0.05, 0) is 13.0 Å². The Hall–Kier alpha value is -1.63. The minimum absolute atomic E-state index is 0.114. The van der Waals surface area contributed by atoms with Crippen LogP contribution < -0.4 is 0 Å². The van der Waals surface area contributed by atoms with Gasteiger partial charge in [0, 0.05) is 23.6 Å². The van der Waals surface area contributed by atoms with E-state index in [1.807, 2.05) is 0 Å². The lowest BCUT2D eigenvalue weighted by Gasteiger charge is -2.24. The fourth-order valence-corrected chi connectivity index (χ4v) is 2.99. The van der Waals surface area contributed by atoms with Crippen LogP contribution in [0.25, 0.3) is 0 Å². The molecule has 1 N–H and O–H groups in total. The highest BCUT2D eigenvalue weighted by Gasteiger charge is 2.39. The molecule has 1 amide bonds. The van der Waals surface area contributed by atoms with E-state index in [0.717, 1.165) is 6.07 Å². The van der Waals surface area contributed by atoms with Gasteiger partial charge in [-0.1, -0.05) is 0 Å². The van der Waals surface area contributed by atoms with E-state index in [1.165, 1.54) is 28.9 Å². The number of halogens is 1. The molecule has 96 valence electrons. The lowest BCUT2D eigenvalue weighted by molar-refractivity contribution is -0.141. The summed E-state index contributed by atoms with van der Waals surface area (Å²) in [6.07, 6.45) is 1.19. The fraction of sp³-hybridized carbons (Fsp3) is 0.364. The second-order valence-electron chi connectivity index (χ2n) is 3.87. The molecule has 0 bridgehead atoms. The van der Waals surface area contributed by atoms with E-state index in [-0.39, 0.29) is 10.9 Å². The molecule has 2 heterocycles. The van der Waals surface area contributed by atoms with Crippen molar-refractivity contribution in [1.82, 2.24) is 9.88 Å². The van der Waals surface area contributed by atoms with Crippen molar-refractivity contribution in [2.75, 3.05) is 5.75 Å². The molecule has 0 saturated carbocycles. The van der Waals surface area contributed by atoms with Crippen LogP contribution in [0.4, 0.5) is 4.39 Å². The molecule has 1 aromatic rings. The number of pyridine rings is 1. The first-order valence-electron chi connectivity index (χ1n) is 5.29. The summed E-state index contributed by atoms with van der Waals surface area (Å²) in [5, 5.41) is 8.82. The zero-order chi connectivity index (χ0) is 13.3. The average Bonchev–Trinajstić information content (AvgIpc) is 2.70. The first kappa shape index (κ1) is 12.8. The van der Waals surface area contributed by atoms with Crippen molar-refractivity contribution in [3.63, 3.8) is 0 Å². The molecule has 0 spiro atoms. The topological polar surface area (TPSA) is 70.5 Å². The Morgan fingerprint density at radius 3 is 2.94 bits per heavy atom. The van der Waals surface area contributed by atoms with Gasteiger partial charge in [0.1, 0.15) is 6.04 Å². The molecule has 0 radical (unpaired) electrons. The van der Waals surface area contributed by atoms with Crippen LogP contribution in [0.2, 0.25) is 0 Å². The summed E-state index contributed by atoms with van der Waals surface area (Å²) in [4.78, 5) is 27.9. The van der Waals surface area contributed by atoms with Crippen LogP contribution in [0, 0.1) is 5.95 Å². The van der Waals surface area contributed by atoms with Gasteiger partial charge in [0.2, 0.25) is 5.95 Å². The van der Waals surface area contributed by atoms with Gasteiger partial charge in [-0.15, -0.1) is 11.8 Å². The summed E-state index contributed by atoms with van der Waals surface area (Å²) in [5.41, 5.74) is 0.114. The van der Waals surface area contributed by atoms with Crippen LogP contribution in [-0.4, -0.2) is 44.0 Å². The normalized spacial score (nSPS) is 23.1. The number of hydrogen-bond acceptors (Lipinski definition) is 4. The van der Waals surface area contributed by atoms with Gasteiger partial charge in [0.15, 0.2) is 0 Å². The van der Waals surface area contributed by atoms with Crippen LogP contribution in [0.3, 0.4) is 0 Å². The number of thioether (sulfide) groups is 1. The van der Waals surface area contributed by atoms with Crippen LogP contribution in [-0.2, 0) is 4.79 Å². The maximum atomic E-state index is 13.0. The maximum absolute atomic E-state index is 13.0. The Kier molecular flexibility index (Phi) is 3.51. The minimum atomic E-state index is -1.05. The molecule has 1 fully saturated rings. The molecule has 1 saturated heterocycles. The molecule has 1 aliphatic rings. The third-order valence-corrected chi connectivity index (χ3v) is 3.93. The Bertz CT molecular complexity index is 497. The molecule has 2 atom stereocenters. The van der Waals surface area contributed by atoms with Gasteiger partial charge in [0.05, 0.1) is 5.37 Å². The Labute approximate surface area is 107 Å². The Balaban J connectivity index is 2.29. The summed E-state index contributed by atoms with van der Waals surface area (Å²) in [7, 11) is 0. The standard InChI is InChI=1S/C11H11FN2O3S/c1-6-14(8(5-18-6)11(16)17)10(15)7-2-3-13-9(12)4-7/h2-4,6,8H,5H2,1H3,(H,16,17). The number of carboxylic acids is 1. The smallest absolute Gasteiger partial charge is 0.327 e. The highest BCUT2D eigenvalue weighted by atomic mass is 32.2. The zero-order valence-corrected chi connectivity index (χ0v) is 10.4. The summed E-state index contributed by atoms with van der Waals surface area (Å²) < 4.78 is 13.0.